The molecular weight excluding hydrogens is 384 g/mol. The third-order valence-electron chi connectivity index (χ3n) is 6.89. The lowest BCUT2D eigenvalue weighted by molar-refractivity contribution is 0.358. The molecule has 3 aromatic heterocycles. The van der Waals surface area contributed by atoms with Crippen LogP contribution in [0.2, 0.25) is 0 Å². The first-order valence-corrected chi connectivity index (χ1v) is 11.3. The zero-order valence-electron chi connectivity index (χ0n) is 18.5. The van der Waals surface area contributed by atoms with Crippen molar-refractivity contribution >= 4 is 59.1 Å². The Kier molecular flexibility index (Phi) is 4.20. The second kappa shape index (κ2) is 6.49. The van der Waals surface area contributed by atoms with Crippen LogP contribution in [0.5, 0.6) is 0 Å². The van der Waals surface area contributed by atoms with Gasteiger partial charge in [-0.1, -0.05) is 43.7 Å². The van der Waals surface area contributed by atoms with Crippen molar-refractivity contribution in [3.8, 4) is 11.3 Å². The van der Waals surface area contributed by atoms with Gasteiger partial charge in [0.2, 0.25) is 0 Å². The van der Waals surface area contributed by atoms with Gasteiger partial charge in [-0.25, -0.2) is 0 Å². The van der Waals surface area contributed by atoms with Crippen molar-refractivity contribution in [3.63, 3.8) is 0 Å². The fraction of sp³-hybridized carbons (Fsp3) is 0.240. The lowest BCUT2D eigenvalue weighted by Crippen LogP contribution is -2.41. The van der Waals surface area contributed by atoms with Crippen molar-refractivity contribution in [2.75, 3.05) is 0 Å². The van der Waals surface area contributed by atoms with Gasteiger partial charge in [0.1, 0.15) is 26.9 Å². The highest BCUT2D eigenvalue weighted by molar-refractivity contribution is 7.19. The van der Waals surface area contributed by atoms with Crippen LogP contribution < -0.4 is 0 Å². The molecule has 3 heterocycles. The number of nitrogens with zero attached hydrogens (tertiary/aromatic N) is 1. The zero-order valence-corrected chi connectivity index (χ0v) is 19.3. The molecule has 0 saturated carbocycles. The number of benzene rings is 2. The smallest absolute Gasteiger partial charge is 0.144 e. The van der Waals surface area contributed by atoms with Crippen molar-refractivity contribution in [3.05, 3.63) is 65.2 Å². The normalized spacial score (nSPS) is 12.9. The van der Waals surface area contributed by atoms with Crippen LogP contribution in [0.1, 0.15) is 31.2 Å². The lowest BCUT2D eigenvalue weighted by Gasteiger charge is -2.40. The lowest BCUT2D eigenvalue weighted by atomic mass is 9.41. The van der Waals surface area contributed by atoms with Crippen LogP contribution in [0.4, 0.5) is 0 Å². The summed E-state index contributed by atoms with van der Waals surface area (Å²) in [7, 11) is 4.62. The van der Waals surface area contributed by atoms with E-state index in [9.17, 15) is 0 Å². The third kappa shape index (κ3) is 2.91. The summed E-state index contributed by atoms with van der Waals surface area (Å²) in [4.78, 5) is 6.05. The standard InChI is InChI=1S/C25H25B2NOS/c1-14-10-15-11-21-19(13-22(15)30-14)17-6-5-7-18(23(17)29-21)20-12-16(8-9-28-20)25(26,27)24(2,3)4/h5-13H,26-27H2,1-4H3. The maximum Gasteiger partial charge on any atom is 0.144 e. The highest BCUT2D eigenvalue weighted by Crippen LogP contribution is 2.40. The second-order valence-corrected chi connectivity index (χ2v) is 11.1. The van der Waals surface area contributed by atoms with Crippen LogP contribution >= 0.6 is 11.3 Å². The minimum atomic E-state index is 0.0225. The predicted molar refractivity (Wildman–Crippen MR) is 135 cm³/mol. The highest BCUT2D eigenvalue weighted by atomic mass is 32.1. The van der Waals surface area contributed by atoms with Crippen LogP contribution in [-0.2, 0) is 5.21 Å². The minimum Gasteiger partial charge on any atom is -0.455 e. The number of aryl methyl sites for hydroxylation is 1. The highest BCUT2D eigenvalue weighted by Gasteiger charge is 2.34. The number of rotatable bonds is 2. The first-order chi connectivity index (χ1) is 14.1. The van der Waals surface area contributed by atoms with Gasteiger partial charge >= 0.3 is 0 Å². The number of hydrogen-bond donors (Lipinski definition) is 0. The number of furan rings is 1. The topological polar surface area (TPSA) is 26.0 Å². The quantitative estimate of drug-likeness (QED) is 0.353. The SMILES string of the molecule is BC(B)(c1ccnc(-c2cccc3c2oc2cc4cc(C)sc4cc23)c1)C(C)(C)C. The van der Waals surface area contributed by atoms with E-state index in [0.29, 0.717) is 0 Å². The van der Waals surface area contributed by atoms with Gasteiger partial charge in [-0.3, -0.25) is 4.98 Å². The number of para-hydroxylation sites is 1. The fourth-order valence-electron chi connectivity index (χ4n) is 4.06. The predicted octanol–water partition coefficient (Wildman–Crippen LogP) is 5.64. The third-order valence-corrected chi connectivity index (χ3v) is 7.90. The molecule has 0 unspecified atom stereocenters. The van der Waals surface area contributed by atoms with E-state index in [1.165, 1.54) is 25.9 Å². The summed E-state index contributed by atoms with van der Waals surface area (Å²) in [6.45, 7) is 9.03. The molecular formula is C25H25B2NOS. The molecule has 0 aliphatic carbocycles. The molecule has 2 aromatic carbocycles. The van der Waals surface area contributed by atoms with Crippen molar-refractivity contribution in [1.29, 1.82) is 0 Å². The molecule has 0 fully saturated rings. The summed E-state index contributed by atoms with van der Waals surface area (Å²) in [5.74, 6) is 0. The van der Waals surface area contributed by atoms with Crippen molar-refractivity contribution in [1.82, 2.24) is 4.98 Å². The average molecular weight is 409 g/mol. The van der Waals surface area contributed by atoms with Gasteiger partial charge in [0.05, 0.1) is 5.69 Å². The molecule has 0 N–H and O–H groups in total. The van der Waals surface area contributed by atoms with Crippen molar-refractivity contribution < 1.29 is 4.42 Å². The summed E-state index contributed by atoms with van der Waals surface area (Å²) in [5.41, 5.74) is 5.31. The Bertz CT molecular complexity index is 1420. The van der Waals surface area contributed by atoms with Crippen LogP contribution in [-0.4, -0.2) is 20.7 Å². The first-order valence-electron chi connectivity index (χ1n) is 10.5. The number of thiophene rings is 1. The van der Waals surface area contributed by atoms with E-state index in [0.717, 1.165) is 27.8 Å². The number of pyridine rings is 1. The number of fused-ring (bicyclic) bond motifs is 4. The van der Waals surface area contributed by atoms with E-state index >= 15 is 0 Å². The Balaban J connectivity index is 1.73. The minimum absolute atomic E-state index is 0.0225. The molecule has 0 spiro atoms. The summed E-state index contributed by atoms with van der Waals surface area (Å²) in [6.07, 6.45) is 1.93. The van der Waals surface area contributed by atoms with E-state index in [2.05, 4.69) is 91.9 Å². The molecule has 148 valence electrons. The average Bonchev–Trinajstić information content (AvgIpc) is 3.23. The van der Waals surface area contributed by atoms with E-state index in [4.69, 9.17) is 9.40 Å². The van der Waals surface area contributed by atoms with E-state index in [1.807, 2.05) is 17.5 Å². The summed E-state index contributed by atoms with van der Waals surface area (Å²) < 4.78 is 7.72. The monoisotopic (exact) mass is 409 g/mol. The van der Waals surface area contributed by atoms with Crippen LogP contribution in [0.25, 0.3) is 43.3 Å². The molecule has 0 aliphatic heterocycles. The number of aromatic nitrogens is 1. The Morgan fingerprint density at radius 1 is 0.967 bits per heavy atom. The van der Waals surface area contributed by atoms with Crippen LogP contribution in [0.3, 0.4) is 0 Å². The molecule has 5 heteroatoms. The maximum absolute atomic E-state index is 6.41. The molecule has 5 rings (SSSR count). The first kappa shape index (κ1) is 19.4. The Labute approximate surface area is 183 Å². The van der Waals surface area contributed by atoms with E-state index in [1.54, 1.807) is 0 Å². The second-order valence-electron chi connectivity index (χ2n) is 9.83. The van der Waals surface area contributed by atoms with Gasteiger partial charge in [-0.2, -0.15) is 0 Å². The Hall–Kier alpha value is -2.52. The molecule has 0 atom stereocenters. The number of hydrogen-bond acceptors (Lipinski definition) is 3. The fourth-order valence-corrected chi connectivity index (χ4v) is 5.01. The zero-order chi connectivity index (χ0) is 21.3. The molecule has 0 amide bonds. The molecule has 0 saturated heterocycles. The summed E-state index contributed by atoms with van der Waals surface area (Å²) in [5, 5.41) is 3.59. The molecule has 30 heavy (non-hydrogen) atoms. The van der Waals surface area contributed by atoms with Gasteiger partial charge in [0.25, 0.3) is 0 Å². The molecule has 0 radical (unpaired) electrons. The summed E-state index contributed by atoms with van der Waals surface area (Å²) in [6, 6.07) is 17.4. The van der Waals surface area contributed by atoms with Gasteiger partial charge in [0, 0.05) is 32.1 Å². The maximum atomic E-state index is 6.41. The van der Waals surface area contributed by atoms with Gasteiger partial charge < -0.3 is 4.42 Å². The van der Waals surface area contributed by atoms with Crippen molar-refractivity contribution in [2.24, 2.45) is 5.41 Å². The van der Waals surface area contributed by atoms with Gasteiger partial charge in [-0.05, 0) is 54.1 Å². The van der Waals surface area contributed by atoms with Gasteiger partial charge in [-0.15, -0.1) is 11.3 Å². The van der Waals surface area contributed by atoms with E-state index < -0.39 is 0 Å². The molecule has 0 bridgehead atoms. The van der Waals surface area contributed by atoms with Crippen LogP contribution in [0, 0.1) is 12.3 Å². The molecule has 2 nitrogen and oxygen atoms in total. The molecule has 0 aliphatic rings. The van der Waals surface area contributed by atoms with Crippen LogP contribution in [0.15, 0.2) is 59.1 Å². The molecule has 5 aromatic rings. The summed E-state index contributed by atoms with van der Waals surface area (Å²) >= 11 is 1.83. The van der Waals surface area contributed by atoms with Gasteiger partial charge in [0.15, 0.2) is 0 Å². The van der Waals surface area contributed by atoms with E-state index in [-0.39, 0.29) is 10.6 Å². The van der Waals surface area contributed by atoms with Crippen molar-refractivity contribution in [2.45, 2.75) is 32.9 Å². The Morgan fingerprint density at radius 3 is 2.53 bits per heavy atom. The largest absolute Gasteiger partial charge is 0.455 e. The Morgan fingerprint density at radius 2 is 1.77 bits per heavy atom.